The molecule has 0 aromatic carbocycles. The van der Waals surface area contributed by atoms with Crippen LogP contribution >= 0.6 is 0 Å². The van der Waals surface area contributed by atoms with Crippen molar-refractivity contribution in [3.63, 3.8) is 0 Å². The van der Waals surface area contributed by atoms with Gasteiger partial charge in [-0.3, -0.25) is 0 Å². The number of hydrogen-bond donors (Lipinski definition) is 0. The van der Waals surface area contributed by atoms with Crippen LogP contribution in [-0.4, -0.2) is 19.8 Å². The minimum atomic E-state index is 0.0456. The molecule has 1 atom stereocenters. The number of rotatable bonds is 7. The van der Waals surface area contributed by atoms with Crippen molar-refractivity contribution >= 4 is 19.8 Å². The van der Waals surface area contributed by atoms with Crippen LogP contribution in [0.1, 0.15) is 46.0 Å². The second kappa shape index (κ2) is 9.50. The van der Waals surface area contributed by atoms with Gasteiger partial charge in [-0.1, -0.05) is 0 Å². The van der Waals surface area contributed by atoms with Gasteiger partial charge in [0.2, 0.25) is 0 Å². The molecule has 0 saturated carbocycles. The predicted octanol–water partition coefficient (Wildman–Crippen LogP) is 3.08. The van der Waals surface area contributed by atoms with Crippen LogP contribution in [0.2, 0.25) is 5.25 Å². The molecule has 0 saturated heterocycles. The normalized spacial score (nSPS) is 13.9. The van der Waals surface area contributed by atoms with E-state index in [1.807, 2.05) is 0 Å². The van der Waals surface area contributed by atoms with Gasteiger partial charge in [0, 0.05) is 0 Å². The van der Waals surface area contributed by atoms with Crippen LogP contribution in [0.15, 0.2) is 0 Å². The molecule has 71 valence electrons. The molecule has 1 unspecified atom stereocenters. The van der Waals surface area contributed by atoms with Gasteiger partial charge in [0.25, 0.3) is 0 Å². The Balaban J connectivity index is 3.13. The fourth-order valence-electron chi connectivity index (χ4n) is 1.08. The summed E-state index contributed by atoms with van der Waals surface area (Å²) in [6.07, 6.45) is 6.71. The predicted molar refractivity (Wildman–Crippen MR) is 61.3 cm³/mol. The average Bonchev–Trinajstić information content (AvgIpc) is 2.10. The summed E-state index contributed by atoms with van der Waals surface area (Å²) in [7, 11) is 0. The fourth-order valence-corrected chi connectivity index (χ4v) is 4.05. The van der Waals surface area contributed by atoms with E-state index in [2.05, 4.69) is 25.6 Å². The van der Waals surface area contributed by atoms with E-state index in [4.69, 9.17) is 0 Å². The van der Waals surface area contributed by atoms with Crippen molar-refractivity contribution in [1.29, 1.82) is 0 Å². The first-order valence-electron chi connectivity index (χ1n) is 5.25. The molecule has 1 heteroatoms. The van der Waals surface area contributed by atoms with Gasteiger partial charge in [0.15, 0.2) is 0 Å². The summed E-state index contributed by atoms with van der Waals surface area (Å²) in [5.41, 5.74) is 0. The van der Waals surface area contributed by atoms with Crippen LogP contribution in [0.25, 0.3) is 0 Å². The van der Waals surface area contributed by atoms with E-state index in [0.717, 1.165) is 12.3 Å². The van der Waals surface area contributed by atoms with Crippen molar-refractivity contribution < 1.29 is 0 Å². The van der Waals surface area contributed by atoms with Crippen LogP contribution < -0.4 is 0 Å². The van der Waals surface area contributed by atoms with E-state index in [9.17, 15) is 0 Å². The van der Waals surface area contributed by atoms with Crippen LogP contribution in [0.4, 0.5) is 0 Å². The Morgan fingerprint density at radius 1 is 1.42 bits per heavy atom. The summed E-state index contributed by atoms with van der Waals surface area (Å²) >= 11 is 0.0456. The van der Waals surface area contributed by atoms with Gasteiger partial charge in [0.1, 0.15) is 0 Å². The maximum atomic E-state index is 3.91. The third-order valence-electron chi connectivity index (χ3n) is 2.17. The van der Waals surface area contributed by atoms with Gasteiger partial charge in [-0.25, -0.2) is 0 Å². The minimum absolute atomic E-state index is 0.0456. The van der Waals surface area contributed by atoms with Gasteiger partial charge < -0.3 is 0 Å². The molecule has 0 rings (SSSR count). The molecule has 0 amide bonds. The first-order valence-corrected chi connectivity index (χ1v) is 8.36. The Hall–Kier alpha value is 0.413. The summed E-state index contributed by atoms with van der Waals surface area (Å²) in [4.78, 5) is 2.59. The summed E-state index contributed by atoms with van der Waals surface area (Å²) in [6, 6.07) is 0. The SMILES string of the molecule is [CH2]CC(C)C[CH]=[GeH][CH2]CCCC. The molecule has 12 heavy (non-hydrogen) atoms. The average molecular weight is 228 g/mol. The van der Waals surface area contributed by atoms with Crippen molar-refractivity contribution in [2.75, 3.05) is 0 Å². The van der Waals surface area contributed by atoms with E-state index in [1.54, 1.807) is 5.25 Å². The van der Waals surface area contributed by atoms with Crippen LogP contribution in [-0.2, 0) is 0 Å². The Morgan fingerprint density at radius 2 is 2.17 bits per heavy atom. The van der Waals surface area contributed by atoms with Gasteiger partial charge >= 0.3 is 83.9 Å². The molecule has 1 radical (unpaired) electrons. The summed E-state index contributed by atoms with van der Waals surface area (Å²) in [6.45, 7) is 8.49. The quantitative estimate of drug-likeness (QED) is 0.463. The van der Waals surface area contributed by atoms with Gasteiger partial charge in [-0.05, 0) is 0 Å². The zero-order valence-corrected chi connectivity index (χ0v) is 11.1. The molecule has 0 aromatic rings. The van der Waals surface area contributed by atoms with Gasteiger partial charge in [-0.15, -0.1) is 0 Å². The van der Waals surface area contributed by atoms with E-state index < -0.39 is 0 Å². The monoisotopic (exact) mass is 229 g/mol. The summed E-state index contributed by atoms with van der Waals surface area (Å²) in [5, 5.41) is 1.54. The van der Waals surface area contributed by atoms with E-state index in [0.29, 0.717) is 0 Å². The summed E-state index contributed by atoms with van der Waals surface area (Å²) in [5.74, 6) is 0.827. The molecule has 0 nitrogen and oxygen atoms in total. The number of hydrogen-bond acceptors (Lipinski definition) is 0. The molecular formula is C11H23Ge. The Bertz CT molecular complexity index is 108. The van der Waals surface area contributed by atoms with Crippen LogP contribution in [0, 0.1) is 12.8 Å². The Labute approximate surface area is 84.1 Å². The van der Waals surface area contributed by atoms with Crippen molar-refractivity contribution in [2.45, 2.75) is 51.2 Å². The fraction of sp³-hybridized carbons (Fsp3) is 0.818. The van der Waals surface area contributed by atoms with E-state index in [-0.39, 0.29) is 15.0 Å². The molecule has 0 spiro atoms. The van der Waals surface area contributed by atoms with Gasteiger partial charge in [-0.2, -0.15) is 0 Å². The zero-order valence-electron chi connectivity index (χ0n) is 8.68. The zero-order chi connectivity index (χ0) is 9.23. The standard InChI is InChI=1S/C11H23Ge/c1-4-6-7-9-12-10-8-11(3)5-2/h10-12H,2,4-9H2,1,3H3. The van der Waals surface area contributed by atoms with Gasteiger partial charge in [0.05, 0.1) is 0 Å². The van der Waals surface area contributed by atoms with E-state index >= 15 is 0 Å². The number of unbranched alkanes of at least 4 members (excludes halogenated alkanes) is 2. The first-order chi connectivity index (χ1) is 5.81. The van der Waals surface area contributed by atoms with Crippen LogP contribution in [0.3, 0.4) is 0 Å². The first kappa shape index (κ1) is 12.4. The van der Waals surface area contributed by atoms with Crippen molar-refractivity contribution in [1.82, 2.24) is 0 Å². The third kappa shape index (κ3) is 8.51. The van der Waals surface area contributed by atoms with Crippen molar-refractivity contribution in [2.24, 2.45) is 5.92 Å². The third-order valence-corrected chi connectivity index (χ3v) is 5.00. The Morgan fingerprint density at radius 3 is 2.75 bits per heavy atom. The maximum absolute atomic E-state index is 3.91. The van der Waals surface area contributed by atoms with Crippen molar-refractivity contribution in [3.8, 4) is 0 Å². The second-order valence-electron chi connectivity index (χ2n) is 3.60. The molecule has 0 fully saturated rings. The summed E-state index contributed by atoms with van der Waals surface area (Å²) < 4.78 is 0. The van der Waals surface area contributed by atoms with Crippen LogP contribution in [0.5, 0.6) is 0 Å². The molecular weight excluding hydrogens is 205 g/mol. The molecule has 0 heterocycles. The second-order valence-corrected chi connectivity index (χ2v) is 6.79. The molecule has 0 aliphatic rings. The Kier molecular flexibility index (Phi) is 9.83. The molecule has 0 bridgehead atoms. The van der Waals surface area contributed by atoms with Crippen molar-refractivity contribution in [3.05, 3.63) is 6.92 Å². The molecule has 0 aliphatic carbocycles. The molecule has 0 N–H and O–H groups in total. The topological polar surface area (TPSA) is 0 Å². The van der Waals surface area contributed by atoms with E-state index in [1.165, 1.54) is 25.7 Å². The molecule has 0 aromatic heterocycles. The molecule has 0 aliphatic heterocycles.